The Labute approximate surface area is 167 Å². The highest BCUT2D eigenvalue weighted by Crippen LogP contribution is 2.72. The van der Waals surface area contributed by atoms with Crippen LogP contribution < -0.4 is 4.74 Å². The molecule has 0 saturated heterocycles. The summed E-state index contributed by atoms with van der Waals surface area (Å²) in [5.41, 5.74) is -7.81. The highest BCUT2D eigenvalue weighted by Gasteiger charge is 2.85. The van der Waals surface area contributed by atoms with E-state index in [1.54, 1.807) is 13.0 Å². The lowest BCUT2D eigenvalue weighted by molar-refractivity contribution is -0.257. The molecule has 3 aliphatic carbocycles. The summed E-state index contributed by atoms with van der Waals surface area (Å²) >= 11 is 0. The van der Waals surface area contributed by atoms with Gasteiger partial charge in [0.1, 0.15) is 11.2 Å². The third-order valence-electron chi connectivity index (χ3n) is 6.49. The summed E-state index contributed by atoms with van der Waals surface area (Å²) in [6, 6.07) is 7.76. The average Bonchev–Trinajstić information content (AvgIpc) is 3.12. The van der Waals surface area contributed by atoms with E-state index in [1.807, 2.05) is 6.07 Å². The first-order chi connectivity index (χ1) is 14.0. The van der Waals surface area contributed by atoms with Crippen molar-refractivity contribution in [2.75, 3.05) is 0 Å². The fourth-order valence-electron chi connectivity index (χ4n) is 5.16. The maximum atomic E-state index is 15.1. The standard InChI is InChI=1S/C22H13F6NO/c1-2-19-15(12-7-3-4-9-14(12)30-19)17-16(13-8-5-6-10-18(13,19)11-29)20(23,24)22(27,28)21(17,25)26/h3-10H,2H2,1H3. The Morgan fingerprint density at radius 2 is 1.60 bits per heavy atom. The van der Waals surface area contributed by atoms with E-state index in [0.29, 0.717) is 0 Å². The molecule has 2 nitrogen and oxygen atoms in total. The van der Waals surface area contributed by atoms with Gasteiger partial charge in [0.15, 0.2) is 5.60 Å². The molecule has 1 aliphatic heterocycles. The minimum absolute atomic E-state index is 0.0108. The SMILES string of the molecule is CCC12Oc3ccccc3C1=C1C(=C3C=CC=CC32C#N)C(F)(F)C(F)(F)C1(F)F. The van der Waals surface area contributed by atoms with E-state index in [4.69, 9.17) is 4.74 Å². The highest BCUT2D eigenvalue weighted by atomic mass is 19.3. The van der Waals surface area contributed by atoms with E-state index in [1.165, 1.54) is 36.4 Å². The van der Waals surface area contributed by atoms with Crippen LogP contribution in [0.25, 0.3) is 5.57 Å². The lowest BCUT2D eigenvalue weighted by Crippen LogP contribution is -2.54. The zero-order valence-corrected chi connectivity index (χ0v) is 15.4. The van der Waals surface area contributed by atoms with Crippen molar-refractivity contribution < 1.29 is 31.1 Å². The summed E-state index contributed by atoms with van der Waals surface area (Å²) in [5.74, 6) is -15.9. The summed E-state index contributed by atoms with van der Waals surface area (Å²) in [6.45, 7) is 1.55. The van der Waals surface area contributed by atoms with Crippen LogP contribution in [-0.4, -0.2) is 23.4 Å². The predicted octanol–water partition coefficient (Wildman–Crippen LogP) is 5.85. The smallest absolute Gasteiger partial charge is 0.380 e. The van der Waals surface area contributed by atoms with Gasteiger partial charge in [-0.2, -0.15) is 31.6 Å². The molecule has 4 aliphatic rings. The second kappa shape index (κ2) is 5.20. The Bertz CT molecular complexity index is 1170. The number of hydrogen-bond acceptors (Lipinski definition) is 2. The molecule has 1 saturated carbocycles. The molecule has 1 aromatic rings. The fourth-order valence-corrected chi connectivity index (χ4v) is 5.16. The summed E-state index contributed by atoms with van der Waals surface area (Å²) in [6.07, 6.45) is 4.88. The van der Waals surface area contributed by atoms with E-state index in [-0.39, 0.29) is 17.7 Å². The van der Waals surface area contributed by atoms with Crippen molar-refractivity contribution in [1.82, 2.24) is 0 Å². The van der Waals surface area contributed by atoms with Crippen LogP contribution in [0.5, 0.6) is 5.75 Å². The van der Waals surface area contributed by atoms with E-state index in [2.05, 4.69) is 0 Å². The van der Waals surface area contributed by atoms with E-state index in [0.717, 1.165) is 6.08 Å². The van der Waals surface area contributed by atoms with Crippen molar-refractivity contribution in [3.8, 4) is 11.8 Å². The van der Waals surface area contributed by atoms with Crippen LogP contribution in [-0.2, 0) is 0 Å². The first-order valence-electron chi connectivity index (χ1n) is 9.23. The van der Waals surface area contributed by atoms with Gasteiger partial charge in [0, 0.05) is 22.3 Å². The van der Waals surface area contributed by atoms with Gasteiger partial charge in [-0.1, -0.05) is 49.4 Å². The van der Waals surface area contributed by atoms with Crippen LogP contribution in [0.1, 0.15) is 18.9 Å². The van der Waals surface area contributed by atoms with Gasteiger partial charge < -0.3 is 4.74 Å². The summed E-state index contributed by atoms with van der Waals surface area (Å²) in [4.78, 5) is 0. The summed E-state index contributed by atoms with van der Waals surface area (Å²) < 4.78 is 95.1. The average molecular weight is 421 g/mol. The number of fused-ring (bicyclic) bond motifs is 6. The lowest BCUT2D eigenvalue weighted by atomic mass is 9.56. The first-order valence-corrected chi connectivity index (χ1v) is 9.23. The molecule has 1 aromatic carbocycles. The van der Waals surface area contributed by atoms with Gasteiger partial charge in [0.2, 0.25) is 0 Å². The molecule has 2 unspecified atom stereocenters. The number of hydrogen-bond donors (Lipinski definition) is 0. The molecule has 154 valence electrons. The van der Waals surface area contributed by atoms with Crippen LogP contribution >= 0.6 is 0 Å². The van der Waals surface area contributed by atoms with Crippen LogP contribution in [0.15, 0.2) is 65.3 Å². The van der Waals surface area contributed by atoms with Gasteiger partial charge in [0.05, 0.1) is 6.07 Å². The number of allylic oxidation sites excluding steroid dienone is 5. The van der Waals surface area contributed by atoms with Crippen molar-refractivity contribution in [2.24, 2.45) is 5.41 Å². The lowest BCUT2D eigenvalue weighted by Gasteiger charge is -2.47. The largest absolute Gasteiger partial charge is 0.480 e. The molecule has 8 heteroatoms. The molecule has 1 fully saturated rings. The molecule has 0 spiro atoms. The molecule has 1 heterocycles. The molecule has 30 heavy (non-hydrogen) atoms. The van der Waals surface area contributed by atoms with Gasteiger partial charge in [-0.15, -0.1) is 0 Å². The van der Waals surface area contributed by atoms with Crippen molar-refractivity contribution in [2.45, 2.75) is 36.7 Å². The first kappa shape index (κ1) is 19.0. The third-order valence-corrected chi connectivity index (χ3v) is 6.49. The monoisotopic (exact) mass is 421 g/mol. The number of alkyl halides is 6. The molecule has 5 rings (SSSR count). The summed E-state index contributed by atoms with van der Waals surface area (Å²) in [5, 5.41) is 10.2. The Morgan fingerprint density at radius 1 is 0.933 bits per heavy atom. The summed E-state index contributed by atoms with van der Waals surface area (Å²) in [7, 11) is 0. The zero-order valence-electron chi connectivity index (χ0n) is 15.4. The Balaban J connectivity index is 2.06. The second-order valence-corrected chi connectivity index (χ2v) is 7.68. The second-order valence-electron chi connectivity index (χ2n) is 7.68. The number of rotatable bonds is 1. The van der Waals surface area contributed by atoms with Crippen molar-refractivity contribution in [3.05, 3.63) is 70.9 Å². The Morgan fingerprint density at radius 3 is 2.27 bits per heavy atom. The molecule has 2 atom stereocenters. The molecule has 0 amide bonds. The highest BCUT2D eigenvalue weighted by molar-refractivity contribution is 5.93. The normalized spacial score (nSPS) is 33.4. The zero-order chi connectivity index (χ0) is 21.7. The van der Waals surface area contributed by atoms with Gasteiger partial charge in [0.25, 0.3) is 0 Å². The van der Waals surface area contributed by atoms with Crippen LogP contribution in [0.3, 0.4) is 0 Å². The topological polar surface area (TPSA) is 33.0 Å². The quantitative estimate of drug-likeness (QED) is 0.533. The number of ether oxygens (including phenoxy) is 1. The predicted molar refractivity (Wildman–Crippen MR) is 95.2 cm³/mol. The maximum absolute atomic E-state index is 15.1. The van der Waals surface area contributed by atoms with Crippen molar-refractivity contribution in [1.29, 1.82) is 5.26 Å². The Hall–Kier alpha value is -2.95. The molecule has 0 aromatic heterocycles. The molecular weight excluding hydrogens is 408 g/mol. The Kier molecular flexibility index (Phi) is 3.30. The maximum Gasteiger partial charge on any atom is 0.380 e. The van der Waals surface area contributed by atoms with Crippen LogP contribution in [0.4, 0.5) is 26.3 Å². The van der Waals surface area contributed by atoms with E-state index < -0.39 is 51.1 Å². The van der Waals surface area contributed by atoms with Crippen molar-refractivity contribution in [3.63, 3.8) is 0 Å². The van der Waals surface area contributed by atoms with Crippen LogP contribution in [0, 0.1) is 16.7 Å². The van der Waals surface area contributed by atoms with Gasteiger partial charge in [-0.3, -0.25) is 0 Å². The number of halogens is 6. The number of nitriles is 1. The minimum atomic E-state index is -5.66. The van der Waals surface area contributed by atoms with E-state index >= 15 is 8.78 Å². The number of nitrogens with zero attached hydrogens (tertiary/aromatic N) is 1. The fraction of sp³-hybridized carbons (Fsp3) is 0.318. The molecule has 0 radical (unpaired) electrons. The van der Waals surface area contributed by atoms with E-state index in [9.17, 15) is 22.8 Å². The molecule has 0 bridgehead atoms. The number of benzene rings is 1. The third kappa shape index (κ3) is 1.64. The van der Waals surface area contributed by atoms with Gasteiger partial charge >= 0.3 is 17.8 Å². The van der Waals surface area contributed by atoms with Crippen LogP contribution in [0.2, 0.25) is 0 Å². The molecular formula is C22H13F6NO. The minimum Gasteiger partial charge on any atom is -0.480 e. The van der Waals surface area contributed by atoms with Gasteiger partial charge in [-0.25, -0.2) is 0 Å². The van der Waals surface area contributed by atoms with Crippen molar-refractivity contribution >= 4 is 5.57 Å². The molecule has 0 N–H and O–H groups in total. The number of para-hydroxylation sites is 1. The van der Waals surface area contributed by atoms with Gasteiger partial charge in [-0.05, 0) is 18.1 Å².